The van der Waals surface area contributed by atoms with Crippen molar-refractivity contribution in [2.45, 2.75) is 68.3 Å². The highest BCUT2D eigenvalue weighted by molar-refractivity contribution is 5.74. The van der Waals surface area contributed by atoms with E-state index in [-0.39, 0.29) is 6.61 Å². The maximum atomic E-state index is 11.6. The number of aliphatic carboxylic acids is 1. The number of carbonyl (C=O) groups excluding carboxylic acids is 1. The van der Waals surface area contributed by atoms with E-state index in [2.05, 4.69) is 5.32 Å². The molecule has 6 N–H and O–H groups in total. The minimum absolute atomic E-state index is 0.147. The molecule has 0 aromatic carbocycles. The Balaban J connectivity index is 2.29. The monoisotopic (exact) mass is 425 g/mol. The lowest BCUT2D eigenvalue weighted by Crippen LogP contribution is -2.68. The molecule has 2 aliphatic heterocycles. The van der Waals surface area contributed by atoms with Crippen LogP contribution < -0.4 is 5.32 Å². The molecule has 13 nitrogen and oxygen atoms in total. The van der Waals surface area contributed by atoms with Crippen molar-refractivity contribution < 1.29 is 58.8 Å². The van der Waals surface area contributed by atoms with Gasteiger partial charge in [0.1, 0.15) is 42.7 Å². The molecular formula is C16H27NO12. The zero-order valence-corrected chi connectivity index (χ0v) is 16.1. The zero-order chi connectivity index (χ0) is 21.9. The largest absolute Gasteiger partial charge is 0.479 e. The van der Waals surface area contributed by atoms with Crippen LogP contribution >= 0.6 is 0 Å². The lowest BCUT2D eigenvalue weighted by Gasteiger charge is -2.46. The van der Waals surface area contributed by atoms with Crippen LogP contribution in [0.5, 0.6) is 0 Å². The van der Waals surface area contributed by atoms with E-state index in [1.807, 2.05) is 0 Å². The molecule has 0 saturated carbocycles. The Morgan fingerprint density at radius 3 is 2.14 bits per heavy atom. The third-order valence-electron chi connectivity index (χ3n) is 4.71. The van der Waals surface area contributed by atoms with Crippen molar-refractivity contribution in [1.82, 2.24) is 5.32 Å². The molecule has 10 atom stereocenters. The SMILES string of the molecule is COCC1OC(OC2C(C(=O)O)OC(OC)C(O)C2O)C(NC(C)=O)C(O)C1O. The van der Waals surface area contributed by atoms with Gasteiger partial charge in [-0.25, -0.2) is 4.79 Å². The van der Waals surface area contributed by atoms with Gasteiger partial charge in [-0.15, -0.1) is 0 Å². The van der Waals surface area contributed by atoms with Crippen LogP contribution in [0.1, 0.15) is 6.92 Å². The van der Waals surface area contributed by atoms with Gasteiger partial charge < -0.3 is 54.5 Å². The Morgan fingerprint density at radius 2 is 1.62 bits per heavy atom. The lowest BCUT2D eigenvalue weighted by molar-refractivity contribution is -0.338. The smallest absolute Gasteiger partial charge is 0.335 e. The van der Waals surface area contributed by atoms with Crippen molar-refractivity contribution >= 4 is 11.9 Å². The summed E-state index contributed by atoms with van der Waals surface area (Å²) < 4.78 is 26.0. The molecule has 13 heteroatoms. The van der Waals surface area contributed by atoms with Gasteiger partial charge >= 0.3 is 5.97 Å². The molecule has 2 saturated heterocycles. The van der Waals surface area contributed by atoms with Crippen molar-refractivity contribution in [3.05, 3.63) is 0 Å². The summed E-state index contributed by atoms with van der Waals surface area (Å²) in [7, 11) is 2.49. The number of hydrogen-bond acceptors (Lipinski definition) is 11. The maximum absolute atomic E-state index is 11.6. The Hall–Kier alpha value is -1.42. The van der Waals surface area contributed by atoms with E-state index in [1.165, 1.54) is 7.11 Å². The number of amides is 1. The summed E-state index contributed by atoms with van der Waals surface area (Å²) >= 11 is 0. The quantitative estimate of drug-likeness (QED) is 0.233. The first-order chi connectivity index (χ1) is 13.6. The van der Waals surface area contributed by atoms with Crippen molar-refractivity contribution in [2.24, 2.45) is 0 Å². The number of ether oxygens (including phenoxy) is 5. The van der Waals surface area contributed by atoms with E-state index in [1.54, 1.807) is 0 Å². The van der Waals surface area contributed by atoms with Crippen LogP contribution in [0.2, 0.25) is 0 Å². The van der Waals surface area contributed by atoms with Crippen LogP contribution in [0.3, 0.4) is 0 Å². The maximum Gasteiger partial charge on any atom is 0.335 e. The number of hydrogen-bond donors (Lipinski definition) is 6. The van der Waals surface area contributed by atoms with E-state index < -0.39 is 73.2 Å². The van der Waals surface area contributed by atoms with Gasteiger partial charge in [-0.3, -0.25) is 4.79 Å². The highest BCUT2D eigenvalue weighted by atomic mass is 16.7. The van der Waals surface area contributed by atoms with Crippen LogP contribution in [0.25, 0.3) is 0 Å². The minimum Gasteiger partial charge on any atom is -0.479 e. The Labute approximate surface area is 166 Å². The summed E-state index contributed by atoms with van der Waals surface area (Å²) in [6.45, 7) is 1.01. The number of methoxy groups -OCH3 is 2. The molecular weight excluding hydrogens is 398 g/mol. The van der Waals surface area contributed by atoms with Gasteiger partial charge in [0.25, 0.3) is 0 Å². The van der Waals surface area contributed by atoms with Crippen LogP contribution in [0.4, 0.5) is 0 Å². The zero-order valence-electron chi connectivity index (χ0n) is 16.1. The number of rotatable bonds is 7. The standard InChI is InChI=1S/C16H27NO12/c1-5(18)17-7-9(20)8(19)6(4-25-2)27-15(7)28-12-10(21)11(22)16(26-3)29-13(12)14(23)24/h6-13,15-16,19-22H,4H2,1-3H3,(H,17,18)(H,23,24). The topological polar surface area (TPSA) is 193 Å². The second kappa shape index (κ2) is 10.1. The highest BCUT2D eigenvalue weighted by Gasteiger charge is 2.53. The fourth-order valence-corrected chi connectivity index (χ4v) is 3.28. The van der Waals surface area contributed by atoms with Gasteiger partial charge in [0, 0.05) is 21.1 Å². The summed E-state index contributed by atoms with van der Waals surface area (Å²) in [6.07, 6.45) is -13.8. The molecule has 0 spiro atoms. The third-order valence-corrected chi connectivity index (χ3v) is 4.71. The Kier molecular flexibility index (Phi) is 8.28. The molecule has 2 heterocycles. The van der Waals surface area contributed by atoms with E-state index in [4.69, 9.17) is 23.7 Å². The number of carbonyl (C=O) groups is 2. The first-order valence-corrected chi connectivity index (χ1v) is 8.82. The summed E-state index contributed by atoms with van der Waals surface area (Å²) in [6, 6.07) is -1.31. The third kappa shape index (κ3) is 5.20. The van der Waals surface area contributed by atoms with Crippen molar-refractivity contribution in [2.75, 3.05) is 20.8 Å². The minimum atomic E-state index is -1.76. The molecule has 0 aromatic rings. The molecule has 0 aromatic heterocycles. The van der Waals surface area contributed by atoms with Gasteiger partial charge in [-0.05, 0) is 0 Å². The van der Waals surface area contributed by atoms with Gasteiger partial charge in [0.15, 0.2) is 18.7 Å². The van der Waals surface area contributed by atoms with E-state index in [0.29, 0.717) is 0 Å². The molecule has 168 valence electrons. The summed E-state index contributed by atoms with van der Waals surface area (Å²) in [5.74, 6) is -2.10. The predicted octanol–water partition coefficient (Wildman–Crippen LogP) is -3.85. The fraction of sp³-hybridized carbons (Fsp3) is 0.875. The van der Waals surface area contributed by atoms with E-state index in [0.717, 1.165) is 14.0 Å². The van der Waals surface area contributed by atoms with Crippen LogP contribution in [-0.4, -0.2) is 120 Å². The molecule has 2 rings (SSSR count). The van der Waals surface area contributed by atoms with Crippen LogP contribution in [-0.2, 0) is 33.3 Å². The van der Waals surface area contributed by atoms with Crippen molar-refractivity contribution in [1.29, 1.82) is 0 Å². The fourth-order valence-electron chi connectivity index (χ4n) is 3.28. The molecule has 2 fully saturated rings. The van der Waals surface area contributed by atoms with Gasteiger partial charge in [0.05, 0.1) is 6.61 Å². The van der Waals surface area contributed by atoms with Gasteiger partial charge in [-0.2, -0.15) is 0 Å². The van der Waals surface area contributed by atoms with E-state index in [9.17, 15) is 35.1 Å². The average molecular weight is 425 g/mol. The molecule has 0 aliphatic carbocycles. The summed E-state index contributed by atoms with van der Waals surface area (Å²) in [5, 5.41) is 52.8. The Bertz CT molecular complexity index is 576. The molecule has 10 unspecified atom stereocenters. The van der Waals surface area contributed by atoms with Crippen molar-refractivity contribution in [3.63, 3.8) is 0 Å². The predicted molar refractivity (Wildman–Crippen MR) is 90.3 cm³/mol. The molecule has 0 bridgehead atoms. The lowest BCUT2D eigenvalue weighted by atomic mass is 9.95. The molecule has 29 heavy (non-hydrogen) atoms. The summed E-state index contributed by atoms with van der Waals surface area (Å²) in [4.78, 5) is 23.1. The first kappa shape index (κ1) is 23.9. The molecule has 2 aliphatic rings. The van der Waals surface area contributed by atoms with Crippen LogP contribution in [0, 0.1) is 0 Å². The number of aliphatic hydroxyl groups excluding tert-OH is 4. The summed E-state index contributed by atoms with van der Waals surface area (Å²) in [5.41, 5.74) is 0. The van der Waals surface area contributed by atoms with Gasteiger partial charge in [0.2, 0.25) is 5.91 Å². The van der Waals surface area contributed by atoms with Gasteiger partial charge in [-0.1, -0.05) is 0 Å². The molecule has 1 amide bonds. The number of carboxylic acid groups (broad SMARTS) is 1. The number of carboxylic acids is 1. The van der Waals surface area contributed by atoms with Crippen LogP contribution in [0.15, 0.2) is 0 Å². The van der Waals surface area contributed by atoms with E-state index >= 15 is 0 Å². The highest BCUT2D eigenvalue weighted by Crippen LogP contribution is 2.29. The molecule has 0 radical (unpaired) electrons. The average Bonchev–Trinajstić information content (AvgIpc) is 2.66. The number of nitrogens with one attached hydrogen (secondary N) is 1. The Morgan fingerprint density at radius 1 is 0.966 bits per heavy atom. The second-order valence-electron chi connectivity index (χ2n) is 6.79. The second-order valence-corrected chi connectivity index (χ2v) is 6.79. The normalized spacial score (nSPS) is 43.0. The number of aliphatic hydroxyl groups is 4. The van der Waals surface area contributed by atoms with Crippen molar-refractivity contribution in [3.8, 4) is 0 Å². The first-order valence-electron chi connectivity index (χ1n) is 8.82.